The molecule has 0 saturated carbocycles. The number of hydrogen-bond donors (Lipinski definition) is 1. The van der Waals surface area contributed by atoms with Crippen LogP contribution >= 0.6 is 0 Å². The van der Waals surface area contributed by atoms with E-state index in [2.05, 4.69) is 61.9 Å². The minimum Gasteiger partial charge on any atom is -0.370 e. The van der Waals surface area contributed by atoms with Gasteiger partial charge in [-0.05, 0) is 13.3 Å². The molecule has 1 rings (SSSR count). The Morgan fingerprint density at radius 3 is 2.39 bits per heavy atom. The predicted octanol–water partition coefficient (Wildman–Crippen LogP) is 3.05. The van der Waals surface area contributed by atoms with E-state index in [0.29, 0.717) is 0 Å². The molecule has 0 unspecified atom stereocenters. The van der Waals surface area contributed by atoms with Gasteiger partial charge in [0.2, 0.25) is 0 Å². The molecule has 1 heterocycles. The van der Waals surface area contributed by atoms with E-state index in [9.17, 15) is 0 Å². The standard InChI is InChI=1S/C14H26N4/c1-7-9-18(6)12-10-11(15-8-2)16-13(17-12)14(3,4)5/h10H,7-9H2,1-6H3,(H,15,16,17). The third-order valence-corrected chi connectivity index (χ3v) is 2.69. The van der Waals surface area contributed by atoms with E-state index in [1.165, 1.54) is 0 Å². The quantitative estimate of drug-likeness (QED) is 0.872. The molecule has 1 N–H and O–H groups in total. The van der Waals surface area contributed by atoms with Crippen LogP contribution in [0.3, 0.4) is 0 Å². The Morgan fingerprint density at radius 1 is 1.22 bits per heavy atom. The summed E-state index contributed by atoms with van der Waals surface area (Å²) in [6, 6.07) is 2.02. The first kappa shape index (κ1) is 14.7. The minimum absolute atomic E-state index is 0.0345. The van der Waals surface area contributed by atoms with Crippen LogP contribution in [0.1, 0.15) is 46.9 Å². The first-order valence-electron chi connectivity index (χ1n) is 6.73. The van der Waals surface area contributed by atoms with Crippen LogP contribution in [-0.2, 0) is 5.41 Å². The van der Waals surface area contributed by atoms with Gasteiger partial charge in [0.25, 0.3) is 0 Å². The molecule has 0 aliphatic carbocycles. The van der Waals surface area contributed by atoms with Crippen molar-refractivity contribution in [3.63, 3.8) is 0 Å². The van der Waals surface area contributed by atoms with E-state index in [4.69, 9.17) is 0 Å². The topological polar surface area (TPSA) is 41.0 Å². The summed E-state index contributed by atoms with van der Waals surface area (Å²) >= 11 is 0. The van der Waals surface area contributed by atoms with E-state index in [0.717, 1.165) is 37.0 Å². The van der Waals surface area contributed by atoms with Gasteiger partial charge < -0.3 is 10.2 Å². The van der Waals surface area contributed by atoms with Gasteiger partial charge in [-0.15, -0.1) is 0 Å². The van der Waals surface area contributed by atoms with Crippen molar-refractivity contribution in [2.24, 2.45) is 0 Å². The summed E-state index contributed by atoms with van der Waals surface area (Å²) in [6.45, 7) is 12.6. The predicted molar refractivity (Wildman–Crippen MR) is 78.5 cm³/mol. The van der Waals surface area contributed by atoms with Gasteiger partial charge in [-0.1, -0.05) is 27.7 Å². The Kier molecular flexibility index (Phi) is 4.93. The zero-order valence-electron chi connectivity index (χ0n) is 12.5. The van der Waals surface area contributed by atoms with Gasteiger partial charge in [-0.25, -0.2) is 9.97 Å². The molecule has 0 aliphatic heterocycles. The molecule has 0 amide bonds. The first-order chi connectivity index (χ1) is 8.38. The van der Waals surface area contributed by atoms with Crippen molar-refractivity contribution < 1.29 is 0 Å². The molecule has 18 heavy (non-hydrogen) atoms. The van der Waals surface area contributed by atoms with Gasteiger partial charge in [-0.2, -0.15) is 0 Å². The van der Waals surface area contributed by atoms with Gasteiger partial charge in [0.15, 0.2) is 0 Å². The first-order valence-corrected chi connectivity index (χ1v) is 6.73. The zero-order valence-corrected chi connectivity index (χ0v) is 12.5. The molecule has 0 fully saturated rings. The fraction of sp³-hybridized carbons (Fsp3) is 0.714. The second-order valence-corrected chi connectivity index (χ2v) is 5.64. The van der Waals surface area contributed by atoms with Crippen LogP contribution < -0.4 is 10.2 Å². The lowest BCUT2D eigenvalue weighted by Gasteiger charge is -2.23. The number of nitrogens with one attached hydrogen (secondary N) is 1. The lowest BCUT2D eigenvalue weighted by molar-refractivity contribution is 0.545. The summed E-state index contributed by atoms with van der Waals surface area (Å²) < 4.78 is 0. The summed E-state index contributed by atoms with van der Waals surface area (Å²) in [5.74, 6) is 2.79. The molecule has 0 aromatic carbocycles. The Bertz CT molecular complexity index is 382. The number of aromatic nitrogens is 2. The molecule has 0 radical (unpaired) electrons. The monoisotopic (exact) mass is 250 g/mol. The van der Waals surface area contributed by atoms with Crippen LogP contribution in [0.2, 0.25) is 0 Å². The highest BCUT2D eigenvalue weighted by Crippen LogP contribution is 2.23. The number of rotatable bonds is 5. The van der Waals surface area contributed by atoms with Crippen molar-refractivity contribution in [1.82, 2.24) is 9.97 Å². The number of hydrogen-bond acceptors (Lipinski definition) is 4. The van der Waals surface area contributed by atoms with Crippen LogP contribution in [0.25, 0.3) is 0 Å². The molecule has 0 saturated heterocycles. The Hall–Kier alpha value is -1.32. The molecular formula is C14H26N4. The van der Waals surface area contributed by atoms with Gasteiger partial charge in [0.05, 0.1) is 0 Å². The Morgan fingerprint density at radius 2 is 1.89 bits per heavy atom. The summed E-state index contributed by atoms with van der Waals surface area (Å²) in [6.07, 6.45) is 1.11. The van der Waals surface area contributed by atoms with Crippen molar-refractivity contribution in [1.29, 1.82) is 0 Å². The van der Waals surface area contributed by atoms with E-state index in [1.54, 1.807) is 0 Å². The molecule has 4 heteroatoms. The third kappa shape index (κ3) is 3.86. The van der Waals surface area contributed by atoms with E-state index >= 15 is 0 Å². The fourth-order valence-corrected chi connectivity index (χ4v) is 1.69. The summed E-state index contributed by atoms with van der Waals surface area (Å²) in [7, 11) is 2.08. The van der Waals surface area contributed by atoms with Crippen molar-refractivity contribution in [2.45, 2.75) is 46.5 Å². The summed E-state index contributed by atoms with van der Waals surface area (Å²) in [5.41, 5.74) is -0.0345. The largest absolute Gasteiger partial charge is 0.370 e. The van der Waals surface area contributed by atoms with Gasteiger partial charge in [-0.3, -0.25) is 0 Å². The molecule has 102 valence electrons. The molecule has 0 atom stereocenters. The van der Waals surface area contributed by atoms with Crippen molar-refractivity contribution in [2.75, 3.05) is 30.4 Å². The van der Waals surface area contributed by atoms with Gasteiger partial charge in [0, 0.05) is 31.6 Å². The Balaban J connectivity index is 3.13. The van der Waals surface area contributed by atoms with Crippen LogP contribution in [0.5, 0.6) is 0 Å². The van der Waals surface area contributed by atoms with Crippen LogP contribution in [0.4, 0.5) is 11.6 Å². The van der Waals surface area contributed by atoms with E-state index < -0.39 is 0 Å². The average Bonchev–Trinajstić information content (AvgIpc) is 2.28. The maximum Gasteiger partial charge on any atom is 0.138 e. The smallest absolute Gasteiger partial charge is 0.138 e. The van der Waals surface area contributed by atoms with Gasteiger partial charge >= 0.3 is 0 Å². The molecule has 4 nitrogen and oxygen atoms in total. The summed E-state index contributed by atoms with van der Waals surface area (Å²) in [4.78, 5) is 11.4. The molecule has 1 aromatic rings. The van der Waals surface area contributed by atoms with Crippen molar-refractivity contribution >= 4 is 11.6 Å². The molecule has 0 spiro atoms. The molecule has 0 aliphatic rings. The fourth-order valence-electron chi connectivity index (χ4n) is 1.69. The minimum atomic E-state index is -0.0345. The highest BCUT2D eigenvalue weighted by Gasteiger charge is 2.19. The lowest BCUT2D eigenvalue weighted by atomic mass is 9.96. The Labute approximate surface area is 111 Å². The lowest BCUT2D eigenvalue weighted by Crippen LogP contribution is -2.23. The second kappa shape index (κ2) is 6.03. The highest BCUT2D eigenvalue weighted by atomic mass is 15.2. The van der Waals surface area contributed by atoms with E-state index in [1.807, 2.05) is 6.07 Å². The van der Waals surface area contributed by atoms with Gasteiger partial charge in [0.1, 0.15) is 17.5 Å². The third-order valence-electron chi connectivity index (χ3n) is 2.69. The molecule has 0 bridgehead atoms. The average molecular weight is 250 g/mol. The van der Waals surface area contributed by atoms with E-state index in [-0.39, 0.29) is 5.41 Å². The number of nitrogens with zero attached hydrogens (tertiary/aromatic N) is 3. The SMILES string of the molecule is CCCN(C)c1cc(NCC)nc(C(C)(C)C)n1. The van der Waals surface area contributed by atoms with Crippen LogP contribution in [0, 0.1) is 0 Å². The maximum absolute atomic E-state index is 4.68. The normalized spacial score (nSPS) is 11.4. The highest BCUT2D eigenvalue weighted by molar-refractivity contribution is 5.49. The zero-order chi connectivity index (χ0) is 13.8. The number of anilines is 2. The maximum atomic E-state index is 4.68. The van der Waals surface area contributed by atoms with Crippen LogP contribution in [0.15, 0.2) is 6.07 Å². The van der Waals surface area contributed by atoms with Crippen molar-refractivity contribution in [3.8, 4) is 0 Å². The second-order valence-electron chi connectivity index (χ2n) is 5.64. The molecule has 1 aromatic heterocycles. The summed E-state index contributed by atoms with van der Waals surface area (Å²) in [5, 5.41) is 3.28. The van der Waals surface area contributed by atoms with Crippen LogP contribution in [-0.4, -0.2) is 30.1 Å². The molecular weight excluding hydrogens is 224 g/mol. The van der Waals surface area contributed by atoms with Crippen molar-refractivity contribution in [3.05, 3.63) is 11.9 Å².